The van der Waals surface area contributed by atoms with Crippen LogP contribution < -0.4 is 10.6 Å². The molecule has 6 nitrogen and oxygen atoms in total. The largest absolute Gasteiger partial charge is 0.481 e. The zero-order chi connectivity index (χ0) is 17.5. The second-order valence-electron chi connectivity index (χ2n) is 5.27. The van der Waals surface area contributed by atoms with Gasteiger partial charge in [0.1, 0.15) is 5.92 Å². The van der Waals surface area contributed by atoms with Crippen molar-refractivity contribution in [3.05, 3.63) is 71.8 Å². The van der Waals surface area contributed by atoms with Gasteiger partial charge < -0.3 is 10.4 Å². The fourth-order valence-electron chi connectivity index (χ4n) is 2.49. The van der Waals surface area contributed by atoms with E-state index in [1.54, 1.807) is 60.7 Å². The quantitative estimate of drug-likeness (QED) is 0.786. The molecule has 24 heavy (non-hydrogen) atoms. The first-order chi connectivity index (χ1) is 11.5. The Morgan fingerprint density at radius 2 is 1.38 bits per heavy atom. The molecule has 2 rings (SSSR count). The third-order valence-electron chi connectivity index (χ3n) is 3.49. The minimum absolute atomic E-state index is 0.522. The van der Waals surface area contributed by atoms with Crippen LogP contribution in [0.15, 0.2) is 60.7 Å². The van der Waals surface area contributed by atoms with Crippen molar-refractivity contribution in [1.29, 1.82) is 0 Å². The van der Waals surface area contributed by atoms with Crippen molar-refractivity contribution in [2.24, 2.45) is 0 Å². The second-order valence-corrected chi connectivity index (χ2v) is 5.27. The molecule has 0 aliphatic carbocycles. The van der Waals surface area contributed by atoms with Crippen LogP contribution in [0.4, 0.5) is 4.79 Å². The summed E-state index contributed by atoms with van der Waals surface area (Å²) < 4.78 is 0. The Hall–Kier alpha value is -3.15. The van der Waals surface area contributed by atoms with E-state index in [9.17, 15) is 19.5 Å². The van der Waals surface area contributed by atoms with Gasteiger partial charge in [-0.1, -0.05) is 60.7 Å². The summed E-state index contributed by atoms with van der Waals surface area (Å²) in [5, 5.41) is 14.4. The van der Waals surface area contributed by atoms with Gasteiger partial charge in [-0.3, -0.25) is 14.9 Å². The molecule has 0 aliphatic rings. The number of carbonyl (C=O) groups excluding carboxylic acids is 2. The van der Waals surface area contributed by atoms with Gasteiger partial charge in [0.25, 0.3) is 0 Å². The van der Waals surface area contributed by atoms with Gasteiger partial charge in [0, 0.05) is 6.92 Å². The number of amides is 3. The van der Waals surface area contributed by atoms with Crippen molar-refractivity contribution < 1.29 is 19.5 Å². The highest BCUT2D eigenvalue weighted by molar-refractivity contribution is 5.93. The van der Waals surface area contributed by atoms with E-state index in [1.165, 1.54) is 6.92 Å². The summed E-state index contributed by atoms with van der Waals surface area (Å²) in [5.41, 5.74) is 1.19. The lowest BCUT2D eigenvalue weighted by Crippen LogP contribution is -2.43. The number of hydrogen-bond acceptors (Lipinski definition) is 3. The van der Waals surface area contributed by atoms with E-state index in [-0.39, 0.29) is 0 Å². The van der Waals surface area contributed by atoms with Crippen molar-refractivity contribution in [2.75, 3.05) is 0 Å². The van der Waals surface area contributed by atoms with Gasteiger partial charge in [0.05, 0.1) is 6.04 Å². The van der Waals surface area contributed by atoms with Crippen LogP contribution in [0.25, 0.3) is 0 Å². The third-order valence-corrected chi connectivity index (χ3v) is 3.49. The minimum atomic E-state index is -1.07. The van der Waals surface area contributed by atoms with Gasteiger partial charge in [-0.05, 0) is 11.1 Å². The van der Waals surface area contributed by atoms with Gasteiger partial charge in [-0.2, -0.15) is 0 Å². The lowest BCUT2D eigenvalue weighted by Gasteiger charge is -2.26. The van der Waals surface area contributed by atoms with E-state index in [0.29, 0.717) is 11.1 Å². The maximum atomic E-state index is 12.0. The number of hydrogen-bond donors (Lipinski definition) is 3. The molecule has 2 aromatic rings. The highest BCUT2D eigenvalue weighted by atomic mass is 16.4. The van der Waals surface area contributed by atoms with Crippen LogP contribution in [0, 0.1) is 0 Å². The van der Waals surface area contributed by atoms with Crippen molar-refractivity contribution in [2.45, 2.75) is 18.9 Å². The van der Waals surface area contributed by atoms with Crippen LogP contribution in [0.2, 0.25) is 0 Å². The van der Waals surface area contributed by atoms with Crippen LogP contribution in [-0.4, -0.2) is 23.0 Å². The van der Waals surface area contributed by atoms with E-state index < -0.39 is 29.9 Å². The molecule has 2 atom stereocenters. The summed E-state index contributed by atoms with van der Waals surface area (Å²) in [6.45, 7) is 1.21. The molecule has 0 spiro atoms. The lowest BCUT2D eigenvalue weighted by atomic mass is 9.87. The number of imide groups is 1. The first-order valence-corrected chi connectivity index (χ1v) is 7.40. The first-order valence-electron chi connectivity index (χ1n) is 7.40. The average Bonchev–Trinajstić information content (AvgIpc) is 2.55. The molecule has 0 saturated heterocycles. The normalized spacial score (nSPS) is 12.7. The second kappa shape index (κ2) is 7.92. The molecular formula is C18H18N2O4. The van der Waals surface area contributed by atoms with Crippen LogP contribution in [-0.2, 0) is 9.59 Å². The summed E-state index contributed by atoms with van der Waals surface area (Å²) >= 11 is 0. The Morgan fingerprint density at radius 3 is 1.83 bits per heavy atom. The average molecular weight is 326 g/mol. The highest BCUT2D eigenvalue weighted by Gasteiger charge is 2.32. The molecule has 0 heterocycles. The zero-order valence-corrected chi connectivity index (χ0v) is 13.1. The number of benzene rings is 2. The molecule has 0 saturated carbocycles. The standard InChI is InChI=1S/C18H18N2O4/c1-12(21)19-18(24)20-16(14-10-6-3-7-11-14)15(17(22)23)13-8-4-2-5-9-13/h2-11,15-16H,1H3,(H,22,23)(H2,19,20,21,24). The number of carboxylic acids is 1. The Balaban J connectivity index is 2.41. The minimum Gasteiger partial charge on any atom is -0.481 e. The maximum Gasteiger partial charge on any atom is 0.321 e. The summed E-state index contributed by atoms with van der Waals surface area (Å²) in [6, 6.07) is 15.9. The molecule has 3 amide bonds. The molecule has 6 heteroatoms. The number of carbonyl (C=O) groups is 3. The smallest absolute Gasteiger partial charge is 0.321 e. The Morgan fingerprint density at radius 1 is 0.875 bits per heavy atom. The van der Waals surface area contributed by atoms with Crippen molar-refractivity contribution in [1.82, 2.24) is 10.6 Å². The number of aliphatic carboxylic acids is 1. The Kier molecular flexibility index (Phi) is 5.68. The van der Waals surface area contributed by atoms with Gasteiger partial charge in [-0.25, -0.2) is 4.79 Å². The number of urea groups is 1. The predicted octanol–water partition coefficient (Wildman–Crippen LogP) is 2.44. The van der Waals surface area contributed by atoms with Crippen LogP contribution in [0.3, 0.4) is 0 Å². The molecule has 3 N–H and O–H groups in total. The SMILES string of the molecule is CC(=O)NC(=O)NC(c1ccccc1)C(C(=O)O)c1ccccc1. The highest BCUT2D eigenvalue weighted by Crippen LogP contribution is 2.31. The summed E-state index contributed by atoms with van der Waals surface area (Å²) in [7, 11) is 0. The molecule has 2 unspecified atom stereocenters. The molecule has 124 valence electrons. The van der Waals surface area contributed by atoms with E-state index in [1.807, 2.05) is 0 Å². The summed E-state index contributed by atoms with van der Waals surface area (Å²) in [6.07, 6.45) is 0. The predicted molar refractivity (Wildman–Crippen MR) is 88.4 cm³/mol. The Bertz CT molecular complexity index is 716. The van der Waals surface area contributed by atoms with Crippen molar-refractivity contribution in [3.8, 4) is 0 Å². The molecule has 2 aromatic carbocycles. The zero-order valence-electron chi connectivity index (χ0n) is 13.1. The first kappa shape index (κ1) is 17.2. The third kappa shape index (κ3) is 4.42. The molecule has 0 fully saturated rings. The fraction of sp³-hybridized carbons (Fsp3) is 0.167. The van der Waals surface area contributed by atoms with Crippen LogP contribution >= 0.6 is 0 Å². The molecule has 0 bridgehead atoms. The van der Waals surface area contributed by atoms with Crippen molar-refractivity contribution in [3.63, 3.8) is 0 Å². The number of rotatable bonds is 5. The van der Waals surface area contributed by atoms with Gasteiger partial charge in [0.2, 0.25) is 5.91 Å². The monoisotopic (exact) mass is 326 g/mol. The van der Waals surface area contributed by atoms with E-state index in [0.717, 1.165) is 0 Å². The van der Waals surface area contributed by atoms with E-state index in [2.05, 4.69) is 10.6 Å². The van der Waals surface area contributed by atoms with Crippen LogP contribution in [0.1, 0.15) is 30.0 Å². The molecule has 0 aromatic heterocycles. The summed E-state index contributed by atoms with van der Waals surface area (Å²) in [5.74, 6) is -2.59. The number of nitrogens with one attached hydrogen (secondary N) is 2. The molecule has 0 aliphatic heterocycles. The van der Waals surface area contributed by atoms with Gasteiger partial charge >= 0.3 is 12.0 Å². The number of carboxylic acid groups (broad SMARTS) is 1. The molecule has 0 radical (unpaired) electrons. The van der Waals surface area contributed by atoms with Crippen molar-refractivity contribution >= 4 is 17.9 Å². The summed E-state index contributed by atoms with van der Waals surface area (Å²) in [4.78, 5) is 34.9. The van der Waals surface area contributed by atoms with E-state index in [4.69, 9.17) is 0 Å². The van der Waals surface area contributed by atoms with Gasteiger partial charge in [0.15, 0.2) is 0 Å². The maximum absolute atomic E-state index is 12.0. The Labute approximate surface area is 139 Å². The topological polar surface area (TPSA) is 95.5 Å². The van der Waals surface area contributed by atoms with E-state index >= 15 is 0 Å². The van der Waals surface area contributed by atoms with Gasteiger partial charge in [-0.15, -0.1) is 0 Å². The lowest BCUT2D eigenvalue weighted by molar-refractivity contribution is -0.139. The fourth-order valence-corrected chi connectivity index (χ4v) is 2.49. The molecular weight excluding hydrogens is 308 g/mol. The van der Waals surface area contributed by atoms with Crippen LogP contribution in [0.5, 0.6) is 0 Å².